The minimum atomic E-state index is 0.0724. The Labute approximate surface area is 95.4 Å². The molecule has 2 aromatic rings. The van der Waals surface area contributed by atoms with Gasteiger partial charge in [0.05, 0.1) is 5.69 Å². The standard InChI is InChI=1S/C13H15N3/c14-13(11-4-2-1-3-5-11)7-6-12-10-15-8-9-16-12/h1-5,8-10,13H,6-7,14H2. The molecular weight excluding hydrogens is 198 g/mol. The van der Waals surface area contributed by atoms with Crippen molar-refractivity contribution in [2.75, 3.05) is 0 Å². The second-order valence-corrected chi connectivity index (χ2v) is 3.75. The predicted octanol–water partition coefficient (Wildman–Crippen LogP) is 2.11. The molecule has 0 amide bonds. The average Bonchev–Trinajstić information content (AvgIpc) is 2.38. The van der Waals surface area contributed by atoms with Crippen LogP contribution in [0.2, 0.25) is 0 Å². The van der Waals surface area contributed by atoms with Crippen LogP contribution in [0, 0.1) is 0 Å². The highest BCUT2D eigenvalue weighted by molar-refractivity contribution is 5.18. The van der Waals surface area contributed by atoms with Crippen LogP contribution in [0.5, 0.6) is 0 Å². The smallest absolute Gasteiger partial charge is 0.0587 e. The van der Waals surface area contributed by atoms with Crippen molar-refractivity contribution in [3.8, 4) is 0 Å². The minimum Gasteiger partial charge on any atom is -0.324 e. The van der Waals surface area contributed by atoms with Crippen molar-refractivity contribution in [2.45, 2.75) is 18.9 Å². The molecule has 0 bridgehead atoms. The number of nitrogens with zero attached hydrogens (tertiary/aromatic N) is 2. The zero-order valence-electron chi connectivity index (χ0n) is 9.08. The van der Waals surface area contributed by atoms with Crippen molar-refractivity contribution in [3.63, 3.8) is 0 Å². The molecule has 1 heterocycles. The van der Waals surface area contributed by atoms with Crippen LogP contribution in [0.25, 0.3) is 0 Å². The van der Waals surface area contributed by atoms with Gasteiger partial charge in [0, 0.05) is 24.6 Å². The summed E-state index contributed by atoms with van der Waals surface area (Å²) < 4.78 is 0. The molecule has 16 heavy (non-hydrogen) atoms. The number of aryl methyl sites for hydroxylation is 1. The first kappa shape index (κ1) is 10.8. The zero-order chi connectivity index (χ0) is 11.2. The van der Waals surface area contributed by atoms with E-state index >= 15 is 0 Å². The highest BCUT2D eigenvalue weighted by Crippen LogP contribution is 2.15. The first-order valence-electron chi connectivity index (χ1n) is 5.41. The van der Waals surface area contributed by atoms with Crippen molar-refractivity contribution in [1.29, 1.82) is 0 Å². The molecule has 1 atom stereocenters. The third kappa shape index (κ3) is 2.87. The molecule has 0 aliphatic rings. The van der Waals surface area contributed by atoms with Gasteiger partial charge in [-0.2, -0.15) is 0 Å². The van der Waals surface area contributed by atoms with Gasteiger partial charge in [0.15, 0.2) is 0 Å². The van der Waals surface area contributed by atoms with E-state index in [9.17, 15) is 0 Å². The van der Waals surface area contributed by atoms with E-state index in [-0.39, 0.29) is 6.04 Å². The Morgan fingerprint density at radius 2 is 1.94 bits per heavy atom. The van der Waals surface area contributed by atoms with E-state index in [1.807, 2.05) is 18.2 Å². The number of rotatable bonds is 4. The Morgan fingerprint density at radius 3 is 2.62 bits per heavy atom. The van der Waals surface area contributed by atoms with E-state index in [0.717, 1.165) is 18.5 Å². The summed E-state index contributed by atoms with van der Waals surface area (Å²) in [5, 5.41) is 0. The van der Waals surface area contributed by atoms with Crippen molar-refractivity contribution in [1.82, 2.24) is 9.97 Å². The van der Waals surface area contributed by atoms with E-state index in [4.69, 9.17) is 5.73 Å². The van der Waals surface area contributed by atoms with Gasteiger partial charge in [-0.05, 0) is 18.4 Å². The lowest BCUT2D eigenvalue weighted by molar-refractivity contribution is 0.642. The fourth-order valence-corrected chi connectivity index (χ4v) is 1.63. The van der Waals surface area contributed by atoms with Gasteiger partial charge in [0.2, 0.25) is 0 Å². The van der Waals surface area contributed by atoms with Crippen LogP contribution < -0.4 is 5.73 Å². The van der Waals surface area contributed by atoms with Gasteiger partial charge in [0.25, 0.3) is 0 Å². The van der Waals surface area contributed by atoms with Gasteiger partial charge in [0.1, 0.15) is 0 Å². The number of benzene rings is 1. The molecule has 2 N–H and O–H groups in total. The highest BCUT2D eigenvalue weighted by atomic mass is 14.8. The zero-order valence-corrected chi connectivity index (χ0v) is 9.08. The largest absolute Gasteiger partial charge is 0.324 e. The molecule has 1 aromatic carbocycles. The molecule has 3 heteroatoms. The quantitative estimate of drug-likeness (QED) is 0.846. The molecule has 1 unspecified atom stereocenters. The van der Waals surface area contributed by atoms with Crippen molar-refractivity contribution in [3.05, 3.63) is 60.2 Å². The molecule has 82 valence electrons. The first-order chi connectivity index (χ1) is 7.86. The first-order valence-corrected chi connectivity index (χ1v) is 5.41. The Balaban J connectivity index is 1.92. The Morgan fingerprint density at radius 1 is 1.12 bits per heavy atom. The van der Waals surface area contributed by atoms with Crippen LogP contribution in [0.1, 0.15) is 23.7 Å². The third-order valence-electron chi connectivity index (χ3n) is 2.56. The maximum absolute atomic E-state index is 6.09. The summed E-state index contributed by atoms with van der Waals surface area (Å²) in [6.07, 6.45) is 6.94. The lowest BCUT2D eigenvalue weighted by Crippen LogP contribution is -2.11. The minimum absolute atomic E-state index is 0.0724. The second kappa shape index (κ2) is 5.37. The maximum Gasteiger partial charge on any atom is 0.0587 e. The van der Waals surface area contributed by atoms with Crippen LogP contribution in [0.15, 0.2) is 48.9 Å². The summed E-state index contributed by atoms with van der Waals surface area (Å²) in [4.78, 5) is 8.26. The number of hydrogen-bond acceptors (Lipinski definition) is 3. The summed E-state index contributed by atoms with van der Waals surface area (Å²) in [7, 11) is 0. The number of nitrogens with two attached hydrogens (primary N) is 1. The van der Waals surface area contributed by atoms with Gasteiger partial charge in [-0.1, -0.05) is 30.3 Å². The molecule has 0 saturated heterocycles. The topological polar surface area (TPSA) is 51.8 Å². The molecule has 1 aromatic heterocycles. The van der Waals surface area contributed by atoms with Gasteiger partial charge in [-0.15, -0.1) is 0 Å². The summed E-state index contributed by atoms with van der Waals surface area (Å²) in [5.74, 6) is 0. The van der Waals surface area contributed by atoms with Crippen LogP contribution in [-0.2, 0) is 6.42 Å². The van der Waals surface area contributed by atoms with E-state index in [0.29, 0.717) is 0 Å². The molecular formula is C13H15N3. The van der Waals surface area contributed by atoms with E-state index < -0.39 is 0 Å². The van der Waals surface area contributed by atoms with Crippen molar-refractivity contribution < 1.29 is 0 Å². The molecule has 0 saturated carbocycles. The van der Waals surface area contributed by atoms with Gasteiger partial charge >= 0.3 is 0 Å². The summed E-state index contributed by atoms with van der Waals surface area (Å²) in [6, 6.07) is 10.2. The number of aromatic nitrogens is 2. The van der Waals surface area contributed by atoms with E-state index in [2.05, 4.69) is 22.1 Å². The normalized spacial score (nSPS) is 12.3. The molecule has 2 rings (SSSR count). The Hall–Kier alpha value is -1.74. The molecule has 0 aliphatic carbocycles. The lowest BCUT2D eigenvalue weighted by Gasteiger charge is -2.10. The van der Waals surface area contributed by atoms with Crippen LogP contribution in [0.4, 0.5) is 0 Å². The van der Waals surface area contributed by atoms with Gasteiger partial charge in [-0.3, -0.25) is 9.97 Å². The van der Waals surface area contributed by atoms with Crippen molar-refractivity contribution >= 4 is 0 Å². The fourth-order valence-electron chi connectivity index (χ4n) is 1.63. The van der Waals surface area contributed by atoms with Gasteiger partial charge < -0.3 is 5.73 Å². The molecule has 3 nitrogen and oxygen atoms in total. The lowest BCUT2D eigenvalue weighted by atomic mass is 10.0. The summed E-state index contributed by atoms with van der Waals surface area (Å²) in [6.45, 7) is 0. The molecule has 0 aliphatic heterocycles. The number of hydrogen-bond donors (Lipinski definition) is 1. The van der Waals surface area contributed by atoms with Gasteiger partial charge in [-0.25, -0.2) is 0 Å². The Kier molecular flexibility index (Phi) is 3.62. The third-order valence-corrected chi connectivity index (χ3v) is 2.56. The van der Waals surface area contributed by atoms with Crippen molar-refractivity contribution in [2.24, 2.45) is 5.73 Å². The summed E-state index contributed by atoms with van der Waals surface area (Å²) >= 11 is 0. The van der Waals surface area contributed by atoms with E-state index in [1.165, 1.54) is 5.56 Å². The van der Waals surface area contributed by atoms with Crippen LogP contribution >= 0.6 is 0 Å². The SMILES string of the molecule is NC(CCc1cnccn1)c1ccccc1. The van der Waals surface area contributed by atoms with Crippen LogP contribution in [0.3, 0.4) is 0 Å². The monoisotopic (exact) mass is 213 g/mol. The fraction of sp³-hybridized carbons (Fsp3) is 0.231. The Bertz CT molecular complexity index is 414. The second-order valence-electron chi connectivity index (χ2n) is 3.75. The average molecular weight is 213 g/mol. The molecule has 0 fully saturated rings. The molecule has 0 spiro atoms. The molecule has 0 radical (unpaired) electrons. The van der Waals surface area contributed by atoms with E-state index in [1.54, 1.807) is 18.6 Å². The maximum atomic E-state index is 6.09. The highest BCUT2D eigenvalue weighted by Gasteiger charge is 2.05. The van der Waals surface area contributed by atoms with Crippen LogP contribution in [-0.4, -0.2) is 9.97 Å². The predicted molar refractivity (Wildman–Crippen MR) is 63.7 cm³/mol. The summed E-state index contributed by atoms with van der Waals surface area (Å²) in [5.41, 5.74) is 8.26.